The zero-order valence-corrected chi connectivity index (χ0v) is 19.7. The number of hydrogen-bond donors (Lipinski definition) is 1. The van der Waals surface area contributed by atoms with Crippen LogP contribution < -0.4 is 5.32 Å². The standard InChI is InChI=1S/C20H24N4O3S3/c1-5-7-24-17(13-9-15(12(2)3)29-10-13)22-23-20(24)30-11-16(25)21-18-14(6-8-28-18)19(26)27-4/h6,8-10,12H,5,7,11H2,1-4H3,(H,21,25). The summed E-state index contributed by atoms with van der Waals surface area (Å²) < 4.78 is 6.81. The molecule has 3 aromatic rings. The Morgan fingerprint density at radius 1 is 1.30 bits per heavy atom. The van der Waals surface area contributed by atoms with E-state index < -0.39 is 5.97 Å². The molecule has 0 atom stereocenters. The first kappa shape index (κ1) is 22.5. The first-order chi connectivity index (χ1) is 14.4. The molecule has 3 rings (SSSR count). The van der Waals surface area contributed by atoms with Crippen molar-refractivity contribution >= 4 is 51.3 Å². The number of carbonyl (C=O) groups is 2. The van der Waals surface area contributed by atoms with E-state index in [1.807, 2.05) is 0 Å². The molecule has 30 heavy (non-hydrogen) atoms. The Kier molecular flexibility index (Phi) is 7.68. The van der Waals surface area contributed by atoms with Gasteiger partial charge in [0.05, 0.1) is 18.4 Å². The fourth-order valence-electron chi connectivity index (χ4n) is 2.78. The van der Waals surface area contributed by atoms with Crippen LogP contribution >= 0.6 is 34.4 Å². The summed E-state index contributed by atoms with van der Waals surface area (Å²) in [6.07, 6.45) is 0.934. The van der Waals surface area contributed by atoms with Crippen LogP contribution in [-0.2, 0) is 16.1 Å². The van der Waals surface area contributed by atoms with Crippen LogP contribution in [-0.4, -0.2) is 39.5 Å². The molecule has 7 nitrogen and oxygen atoms in total. The molecule has 0 aliphatic carbocycles. The molecule has 0 radical (unpaired) electrons. The van der Waals surface area contributed by atoms with Crippen molar-refractivity contribution in [1.82, 2.24) is 14.8 Å². The summed E-state index contributed by atoms with van der Waals surface area (Å²) in [4.78, 5) is 25.5. The Balaban J connectivity index is 1.71. The smallest absolute Gasteiger partial charge is 0.340 e. The minimum absolute atomic E-state index is 0.168. The highest BCUT2D eigenvalue weighted by Crippen LogP contribution is 2.31. The summed E-state index contributed by atoms with van der Waals surface area (Å²) in [6, 6.07) is 3.80. The highest BCUT2D eigenvalue weighted by molar-refractivity contribution is 7.99. The largest absolute Gasteiger partial charge is 0.465 e. The fourth-order valence-corrected chi connectivity index (χ4v) is 5.24. The van der Waals surface area contributed by atoms with Crippen molar-refractivity contribution in [3.8, 4) is 11.4 Å². The number of carbonyl (C=O) groups excluding carboxylic acids is 2. The Morgan fingerprint density at radius 3 is 2.77 bits per heavy atom. The summed E-state index contributed by atoms with van der Waals surface area (Å²) in [6.45, 7) is 7.22. The first-order valence-corrected chi connectivity index (χ1v) is 12.3. The predicted octanol–water partition coefficient (Wildman–Crippen LogP) is 5.12. The van der Waals surface area contributed by atoms with Crippen molar-refractivity contribution in [2.24, 2.45) is 0 Å². The van der Waals surface area contributed by atoms with Gasteiger partial charge in [-0.3, -0.25) is 4.79 Å². The average Bonchev–Trinajstić information content (AvgIpc) is 3.45. The fraction of sp³-hybridized carbons (Fsp3) is 0.400. The lowest BCUT2D eigenvalue weighted by molar-refractivity contribution is -0.113. The van der Waals surface area contributed by atoms with Gasteiger partial charge in [0.2, 0.25) is 5.91 Å². The molecule has 0 aromatic carbocycles. The number of ether oxygens (including phenoxy) is 1. The topological polar surface area (TPSA) is 86.1 Å². The number of methoxy groups -OCH3 is 1. The van der Waals surface area contributed by atoms with Crippen molar-refractivity contribution in [2.75, 3.05) is 18.2 Å². The van der Waals surface area contributed by atoms with Crippen LogP contribution in [0.25, 0.3) is 11.4 Å². The monoisotopic (exact) mass is 464 g/mol. The zero-order chi connectivity index (χ0) is 21.7. The number of anilines is 1. The number of nitrogens with zero attached hydrogens (tertiary/aromatic N) is 3. The molecule has 0 spiro atoms. The van der Waals surface area contributed by atoms with Gasteiger partial charge in [-0.1, -0.05) is 32.5 Å². The molecule has 0 aliphatic rings. The normalized spacial score (nSPS) is 11.1. The molecule has 0 saturated heterocycles. The molecule has 1 N–H and O–H groups in total. The number of thioether (sulfide) groups is 1. The number of thiophene rings is 2. The second-order valence-electron chi connectivity index (χ2n) is 6.84. The summed E-state index contributed by atoms with van der Waals surface area (Å²) >= 11 is 4.35. The first-order valence-electron chi connectivity index (χ1n) is 9.55. The molecular formula is C20H24N4O3S3. The van der Waals surface area contributed by atoms with E-state index >= 15 is 0 Å². The zero-order valence-electron chi connectivity index (χ0n) is 17.3. The number of hydrogen-bond acceptors (Lipinski definition) is 8. The SMILES string of the molecule is CCCn1c(SCC(=O)Nc2sccc2C(=O)OC)nnc1-c1csc(C(C)C)c1. The van der Waals surface area contributed by atoms with Gasteiger partial charge in [-0.05, 0) is 29.9 Å². The van der Waals surface area contributed by atoms with Gasteiger partial charge in [0.1, 0.15) is 5.00 Å². The van der Waals surface area contributed by atoms with Crippen molar-refractivity contribution in [2.45, 2.75) is 44.8 Å². The molecule has 0 aliphatic heterocycles. The van der Waals surface area contributed by atoms with Gasteiger partial charge in [-0.25, -0.2) is 4.79 Å². The highest BCUT2D eigenvalue weighted by atomic mass is 32.2. The van der Waals surface area contributed by atoms with Gasteiger partial charge in [-0.15, -0.1) is 32.9 Å². The molecule has 3 aromatic heterocycles. The van der Waals surface area contributed by atoms with E-state index in [0.29, 0.717) is 21.6 Å². The van der Waals surface area contributed by atoms with E-state index in [1.54, 1.807) is 22.8 Å². The van der Waals surface area contributed by atoms with Crippen LogP contribution in [0.2, 0.25) is 0 Å². The molecule has 0 unspecified atom stereocenters. The third kappa shape index (κ3) is 5.11. The molecule has 1 amide bonds. The van der Waals surface area contributed by atoms with E-state index in [0.717, 1.165) is 24.4 Å². The maximum absolute atomic E-state index is 12.4. The second kappa shape index (κ2) is 10.2. The third-order valence-electron chi connectivity index (χ3n) is 4.27. The maximum Gasteiger partial charge on any atom is 0.340 e. The number of aromatic nitrogens is 3. The number of rotatable bonds is 9. The Bertz CT molecular complexity index is 1020. The second-order valence-corrected chi connectivity index (χ2v) is 9.64. The van der Waals surface area contributed by atoms with Crippen LogP contribution in [0.3, 0.4) is 0 Å². The van der Waals surface area contributed by atoms with Gasteiger partial charge in [-0.2, -0.15) is 0 Å². The Labute approximate surface area is 187 Å². The van der Waals surface area contributed by atoms with E-state index in [-0.39, 0.29) is 11.7 Å². The van der Waals surface area contributed by atoms with Crippen LogP contribution in [0.1, 0.15) is 48.3 Å². The van der Waals surface area contributed by atoms with Crippen molar-refractivity contribution in [3.05, 3.63) is 33.3 Å². The van der Waals surface area contributed by atoms with Gasteiger partial charge in [0.15, 0.2) is 11.0 Å². The van der Waals surface area contributed by atoms with E-state index in [1.165, 1.54) is 35.1 Å². The summed E-state index contributed by atoms with van der Waals surface area (Å²) in [5.41, 5.74) is 1.41. The summed E-state index contributed by atoms with van der Waals surface area (Å²) in [7, 11) is 1.32. The molecular weight excluding hydrogens is 440 g/mol. The van der Waals surface area contributed by atoms with Crippen LogP contribution in [0.5, 0.6) is 0 Å². The van der Waals surface area contributed by atoms with Crippen molar-refractivity contribution in [1.29, 1.82) is 0 Å². The quantitative estimate of drug-likeness (QED) is 0.349. The lowest BCUT2D eigenvalue weighted by atomic mass is 10.1. The van der Waals surface area contributed by atoms with Gasteiger partial charge < -0.3 is 14.6 Å². The molecule has 0 bridgehead atoms. The maximum atomic E-state index is 12.4. The van der Waals surface area contributed by atoms with Crippen LogP contribution in [0.4, 0.5) is 5.00 Å². The number of nitrogens with one attached hydrogen (secondary N) is 1. The van der Waals surface area contributed by atoms with Crippen LogP contribution in [0, 0.1) is 0 Å². The molecule has 160 valence electrons. The summed E-state index contributed by atoms with van der Waals surface area (Å²) in [5, 5.41) is 16.5. The van der Waals surface area contributed by atoms with Gasteiger partial charge in [0, 0.05) is 22.4 Å². The minimum atomic E-state index is -0.469. The Hall–Kier alpha value is -2.17. The van der Waals surface area contributed by atoms with E-state index in [9.17, 15) is 9.59 Å². The summed E-state index contributed by atoms with van der Waals surface area (Å²) in [5.74, 6) is 0.785. The van der Waals surface area contributed by atoms with E-state index in [2.05, 4.69) is 52.3 Å². The Morgan fingerprint density at radius 2 is 2.10 bits per heavy atom. The lowest BCUT2D eigenvalue weighted by Crippen LogP contribution is -2.16. The lowest BCUT2D eigenvalue weighted by Gasteiger charge is -2.08. The third-order valence-corrected chi connectivity index (χ3v) is 7.30. The van der Waals surface area contributed by atoms with Gasteiger partial charge in [0.25, 0.3) is 0 Å². The van der Waals surface area contributed by atoms with Crippen molar-refractivity contribution in [3.63, 3.8) is 0 Å². The van der Waals surface area contributed by atoms with Crippen LogP contribution in [0.15, 0.2) is 28.0 Å². The molecule has 0 saturated carbocycles. The number of amides is 1. The molecule has 10 heteroatoms. The minimum Gasteiger partial charge on any atom is -0.465 e. The molecule has 3 heterocycles. The van der Waals surface area contributed by atoms with Crippen molar-refractivity contribution < 1.29 is 14.3 Å². The molecule has 0 fully saturated rings. The predicted molar refractivity (Wildman–Crippen MR) is 123 cm³/mol. The average molecular weight is 465 g/mol. The number of esters is 1. The van der Waals surface area contributed by atoms with E-state index in [4.69, 9.17) is 4.74 Å². The van der Waals surface area contributed by atoms with Gasteiger partial charge >= 0.3 is 5.97 Å². The highest BCUT2D eigenvalue weighted by Gasteiger charge is 2.19.